The van der Waals surface area contributed by atoms with Gasteiger partial charge in [0.15, 0.2) is 6.04 Å². The molecule has 1 rings (SSSR count). The lowest BCUT2D eigenvalue weighted by atomic mass is 10.1. The third-order valence-corrected chi connectivity index (χ3v) is 2.11. The molecule has 0 aliphatic carbocycles. The zero-order valence-corrected chi connectivity index (χ0v) is 9.42. The van der Waals surface area contributed by atoms with E-state index in [1.54, 1.807) is 5.32 Å². The summed E-state index contributed by atoms with van der Waals surface area (Å²) in [6, 6.07) is 1.56. The predicted molar refractivity (Wildman–Crippen MR) is 55.2 cm³/mol. The van der Waals surface area contributed by atoms with E-state index in [1.165, 1.54) is 7.11 Å². The van der Waals surface area contributed by atoms with Gasteiger partial charge in [0, 0.05) is 7.11 Å². The van der Waals surface area contributed by atoms with Crippen LogP contribution in [0.3, 0.4) is 0 Å². The standard InChI is InChI=1S/C11H11F4NO2/c1-18-6-9(17)16-10(11(13,14)15)7-2-4-8(12)5-3-7/h2-5,10H,6H2,1H3,(H,16,17)/t10-/m0/s1. The molecule has 0 radical (unpaired) electrons. The van der Waals surface area contributed by atoms with Crippen LogP contribution in [0.2, 0.25) is 0 Å². The molecule has 1 atom stereocenters. The Hall–Kier alpha value is -1.63. The molecule has 0 unspecified atom stereocenters. The quantitative estimate of drug-likeness (QED) is 0.847. The van der Waals surface area contributed by atoms with Crippen molar-refractivity contribution in [3.63, 3.8) is 0 Å². The van der Waals surface area contributed by atoms with Crippen LogP contribution >= 0.6 is 0 Å². The molecule has 0 heterocycles. The summed E-state index contributed by atoms with van der Waals surface area (Å²) in [6.45, 7) is -0.478. The van der Waals surface area contributed by atoms with Crippen molar-refractivity contribution in [2.45, 2.75) is 12.2 Å². The van der Waals surface area contributed by atoms with Crippen molar-refractivity contribution < 1.29 is 27.1 Å². The number of carbonyl (C=O) groups excluding carboxylic acids is 1. The van der Waals surface area contributed by atoms with E-state index in [4.69, 9.17) is 0 Å². The second kappa shape index (κ2) is 5.81. The topological polar surface area (TPSA) is 38.3 Å². The Bertz CT molecular complexity index is 402. The van der Waals surface area contributed by atoms with Crippen LogP contribution in [0.4, 0.5) is 17.6 Å². The summed E-state index contributed by atoms with van der Waals surface area (Å²) in [6.07, 6.45) is -4.67. The van der Waals surface area contributed by atoms with Gasteiger partial charge in [0.1, 0.15) is 12.4 Å². The van der Waals surface area contributed by atoms with Crippen molar-refractivity contribution in [2.75, 3.05) is 13.7 Å². The molecule has 0 aliphatic heterocycles. The Labute approximate surface area is 101 Å². The highest BCUT2D eigenvalue weighted by Crippen LogP contribution is 2.32. The van der Waals surface area contributed by atoms with Crippen LogP contribution in [0.25, 0.3) is 0 Å². The first-order chi connectivity index (χ1) is 8.34. The van der Waals surface area contributed by atoms with E-state index in [-0.39, 0.29) is 5.56 Å². The van der Waals surface area contributed by atoms with Crippen molar-refractivity contribution >= 4 is 5.91 Å². The van der Waals surface area contributed by atoms with Gasteiger partial charge in [-0.1, -0.05) is 12.1 Å². The number of rotatable bonds is 4. The average molecular weight is 265 g/mol. The monoisotopic (exact) mass is 265 g/mol. The SMILES string of the molecule is COCC(=O)N[C@@H](c1ccc(F)cc1)C(F)(F)F. The molecular weight excluding hydrogens is 254 g/mol. The van der Waals surface area contributed by atoms with E-state index < -0.39 is 30.5 Å². The van der Waals surface area contributed by atoms with Crippen molar-refractivity contribution in [3.8, 4) is 0 Å². The Morgan fingerprint density at radius 1 is 1.33 bits per heavy atom. The van der Waals surface area contributed by atoms with Crippen molar-refractivity contribution in [1.82, 2.24) is 5.32 Å². The molecule has 0 saturated carbocycles. The number of amides is 1. The summed E-state index contributed by atoms with van der Waals surface area (Å²) >= 11 is 0. The van der Waals surface area contributed by atoms with Gasteiger partial charge in [0.05, 0.1) is 0 Å². The second-order valence-electron chi connectivity index (χ2n) is 3.53. The molecule has 0 saturated heterocycles. The van der Waals surface area contributed by atoms with Crippen LogP contribution in [0.1, 0.15) is 11.6 Å². The molecular formula is C11H11F4NO2. The minimum atomic E-state index is -4.67. The van der Waals surface area contributed by atoms with E-state index in [9.17, 15) is 22.4 Å². The summed E-state index contributed by atoms with van der Waals surface area (Å²) in [4.78, 5) is 11.1. The zero-order valence-electron chi connectivity index (χ0n) is 9.42. The predicted octanol–water partition coefficient (Wildman–Crippen LogP) is 2.19. The molecule has 0 aliphatic rings. The number of carbonyl (C=O) groups is 1. The van der Waals surface area contributed by atoms with Gasteiger partial charge < -0.3 is 10.1 Å². The second-order valence-corrected chi connectivity index (χ2v) is 3.53. The Morgan fingerprint density at radius 3 is 2.33 bits per heavy atom. The molecule has 3 nitrogen and oxygen atoms in total. The maximum Gasteiger partial charge on any atom is 0.412 e. The first-order valence-electron chi connectivity index (χ1n) is 4.95. The highest BCUT2D eigenvalue weighted by molar-refractivity contribution is 5.77. The normalized spacial score (nSPS) is 13.2. The van der Waals surface area contributed by atoms with Crippen molar-refractivity contribution in [2.24, 2.45) is 0 Å². The van der Waals surface area contributed by atoms with E-state index >= 15 is 0 Å². The fourth-order valence-electron chi connectivity index (χ4n) is 1.34. The fourth-order valence-corrected chi connectivity index (χ4v) is 1.34. The summed E-state index contributed by atoms with van der Waals surface area (Å²) in [7, 11) is 1.19. The molecule has 1 amide bonds. The summed E-state index contributed by atoms with van der Waals surface area (Å²) in [5.41, 5.74) is -0.242. The highest BCUT2D eigenvalue weighted by atomic mass is 19.4. The molecule has 0 spiro atoms. The highest BCUT2D eigenvalue weighted by Gasteiger charge is 2.41. The van der Waals surface area contributed by atoms with E-state index in [0.717, 1.165) is 24.3 Å². The minimum absolute atomic E-state index is 0.242. The van der Waals surface area contributed by atoms with Crippen LogP contribution in [0.15, 0.2) is 24.3 Å². The number of alkyl halides is 3. The van der Waals surface area contributed by atoms with Gasteiger partial charge >= 0.3 is 6.18 Å². The lowest BCUT2D eigenvalue weighted by molar-refractivity contribution is -0.164. The van der Waals surface area contributed by atoms with E-state index in [0.29, 0.717) is 0 Å². The van der Waals surface area contributed by atoms with E-state index in [1.807, 2.05) is 0 Å². The molecule has 0 fully saturated rings. The molecule has 0 bridgehead atoms. The smallest absolute Gasteiger partial charge is 0.375 e. The molecule has 1 aromatic carbocycles. The summed E-state index contributed by atoms with van der Waals surface area (Å²) in [5.74, 6) is -1.55. The number of nitrogens with one attached hydrogen (secondary N) is 1. The van der Waals surface area contributed by atoms with Crippen LogP contribution < -0.4 is 5.32 Å². The maximum atomic E-state index is 12.8. The number of benzene rings is 1. The lowest BCUT2D eigenvalue weighted by Gasteiger charge is -2.21. The first-order valence-corrected chi connectivity index (χ1v) is 4.95. The lowest BCUT2D eigenvalue weighted by Crippen LogP contribution is -2.39. The largest absolute Gasteiger partial charge is 0.412 e. The van der Waals surface area contributed by atoms with E-state index in [2.05, 4.69) is 4.74 Å². The first kappa shape index (κ1) is 14.4. The van der Waals surface area contributed by atoms with Crippen molar-refractivity contribution in [3.05, 3.63) is 35.6 Å². The van der Waals surface area contributed by atoms with Crippen LogP contribution in [0.5, 0.6) is 0 Å². The number of hydrogen-bond donors (Lipinski definition) is 1. The molecule has 0 aromatic heterocycles. The van der Waals surface area contributed by atoms with Crippen LogP contribution in [-0.2, 0) is 9.53 Å². The molecule has 18 heavy (non-hydrogen) atoms. The number of halogens is 4. The molecule has 1 aromatic rings. The molecule has 100 valence electrons. The minimum Gasteiger partial charge on any atom is -0.375 e. The molecule has 1 N–H and O–H groups in total. The Morgan fingerprint density at radius 2 is 1.89 bits per heavy atom. The summed E-state index contributed by atoms with van der Waals surface area (Å²) in [5, 5.41) is 1.78. The number of ether oxygens (including phenoxy) is 1. The van der Waals surface area contributed by atoms with Gasteiger partial charge in [0.2, 0.25) is 5.91 Å². The number of methoxy groups -OCH3 is 1. The van der Waals surface area contributed by atoms with Crippen LogP contribution in [0, 0.1) is 5.82 Å². The Balaban J connectivity index is 2.92. The van der Waals surface area contributed by atoms with Gasteiger partial charge in [-0.3, -0.25) is 4.79 Å². The zero-order chi connectivity index (χ0) is 13.8. The van der Waals surface area contributed by atoms with Gasteiger partial charge in [-0.05, 0) is 17.7 Å². The molecule has 7 heteroatoms. The van der Waals surface area contributed by atoms with Gasteiger partial charge in [0.25, 0.3) is 0 Å². The maximum absolute atomic E-state index is 12.8. The fraction of sp³-hybridized carbons (Fsp3) is 0.364. The average Bonchev–Trinajstić information content (AvgIpc) is 2.26. The third-order valence-electron chi connectivity index (χ3n) is 2.11. The van der Waals surface area contributed by atoms with Gasteiger partial charge in [-0.25, -0.2) is 4.39 Å². The summed E-state index contributed by atoms with van der Waals surface area (Å²) < 4.78 is 55.3. The number of hydrogen-bond acceptors (Lipinski definition) is 2. The van der Waals surface area contributed by atoms with Gasteiger partial charge in [-0.15, -0.1) is 0 Å². The Kier molecular flexibility index (Phi) is 4.66. The van der Waals surface area contributed by atoms with Gasteiger partial charge in [-0.2, -0.15) is 13.2 Å². The van der Waals surface area contributed by atoms with Crippen molar-refractivity contribution in [1.29, 1.82) is 0 Å². The third kappa shape index (κ3) is 3.99. The van der Waals surface area contributed by atoms with Crippen LogP contribution in [-0.4, -0.2) is 25.8 Å².